The monoisotopic (exact) mass is 346 g/mol. The maximum atomic E-state index is 13.3. The highest BCUT2D eigenvalue weighted by Crippen LogP contribution is 2.30. The van der Waals surface area contributed by atoms with E-state index in [4.69, 9.17) is 0 Å². The van der Waals surface area contributed by atoms with E-state index in [1.165, 1.54) is 18.0 Å². The van der Waals surface area contributed by atoms with Crippen LogP contribution in [-0.4, -0.2) is 50.4 Å². The summed E-state index contributed by atoms with van der Waals surface area (Å²) in [5.41, 5.74) is 0.400. The lowest BCUT2D eigenvalue weighted by Gasteiger charge is -2.37. The Morgan fingerprint density at radius 1 is 1.26 bits per heavy atom. The predicted octanol–water partition coefficient (Wildman–Crippen LogP) is 1.09. The van der Waals surface area contributed by atoms with Gasteiger partial charge >= 0.3 is 0 Å². The van der Waals surface area contributed by atoms with Crippen LogP contribution < -0.4 is 5.32 Å². The average molecular weight is 346 g/mol. The van der Waals surface area contributed by atoms with Crippen LogP contribution in [0.3, 0.4) is 0 Å². The van der Waals surface area contributed by atoms with Crippen LogP contribution in [0.15, 0.2) is 18.2 Å². The number of piperidine rings is 1. The number of rotatable bonds is 4. The molecule has 0 radical (unpaired) electrons. The summed E-state index contributed by atoms with van der Waals surface area (Å²) in [5, 5.41) is 3.04. The van der Waals surface area contributed by atoms with Crippen molar-refractivity contribution >= 4 is 15.7 Å². The molecule has 1 aliphatic rings. The standard InChI is InChI=1S/C15H20F2N2O3S/c1-19(10-11-3-4-12(16)13(17)9-11)14(20)15(23(2,21)22)5-7-18-8-6-15/h3-4,9,18H,5-8,10H2,1-2H3. The molecule has 0 unspecified atom stereocenters. The Bertz CT molecular complexity index is 701. The molecule has 0 aromatic heterocycles. The van der Waals surface area contributed by atoms with E-state index in [1.54, 1.807) is 0 Å². The summed E-state index contributed by atoms with van der Waals surface area (Å²) in [7, 11) is -2.13. The van der Waals surface area contributed by atoms with Crippen LogP contribution in [0.1, 0.15) is 18.4 Å². The van der Waals surface area contributed by atoms with Crippen LogP contribution in [0, 0.1) is 11.6 Å². The molecule has 1 N–H and O–H groups in total. The van der Waals surface area contributed by atoms with Crippen molar-refractivity contribution in [2.75, 3.05) is 26.4 Å². The van der Waals surface area contributed by atoms with E-state index >= 15 is 0 Å². The lowest BCUT2D eigenvalue weighted by molar-refractivity contribution is -0.134. The van der Waals surface area contributed by atoms with Crippen LogP contribution in [0.5, 0.6) is 0 Å². The SMILES string of the molecule is CN(Cc1ccc(F)c(F)c1)C(=O)C1(S(C)(=O)=O)CCNCC1. The average Bonchev–Trinajstić information content (AvgIpc) is 2.49. The van der Waals surface area contributed by atoms with Gasteiger partial charge in [0, 0.05) is 19.8 Å². The summed E-state index contributed by atoms with van der Waals surface area (Å²) in [4.78, 5) is 14.0. The lowest BCUT2D eigenvalue weighted by Crippen LogP contribution is -2.57. The first kappa shape index (κ1) is 17.8. The van der Waals surface area contributed by atoms with Crippen LogP contribution >= 0.6 is 0 Å². The molecule has 1 heterocycles. The van der Waals surface area contributed by atoms with Crippen molar-refractivity contribution in [1.82, 2.24) is 10.2 Å². The molecule has 0 spiro atoms. The third-order valence-electron chi connectivity index (χ3n) is 4.26. The van der Waals surface area contributed by atoms with Gasteiger partial charge in [0.25, 0.3) is 0 Å². The molecule has 5 nitrogen and oxygen atoms in total. The smallest absolute Gasteiger partial charge is 0.244 e. The summed E-state index contributed by atoms with van der Waals surface area (Å²) in [6.45, 7) is 0.899. The summed E-state index contributed by atoms with van der Waals surface area (Å²) in [5.74, 6) is -2.47. The number of hydrogen-bond acceptors (Lipinski definition) is 4. The minimum atomic E-state index is -3.60. The maximum absolute atomic E-state index is 13.3. The van der Waals surface area contributed by atoms with Gasteiger partial charge < -0.3 is 10.2 Å². The van der Waals surface area contributed by atoms with Gasteiger partial charge in [0.2, 0.25) is 5.91 Å². The predicted molar refractivity (Wildman–Crippen MR) is 82.5 cm³/mol. The van der Waals surface area contributed by atoms with Crippen LogP contribution in [0.2, 0.25) is 0 Å². The Kier molecular flexibility index (Phi) is 5.05. The van der Waals surface area contributed by atoms with Crippen LogP contribution in [-0.2, 0) is 21.2 Å². The van der Waals surface area contributed by atoms with E-state index in [2.05, 4.69) is 5.32 Å². The fourth-order valence-corrected chi connectivity index (χ4v) is 4.32. The van der Waals surface area contributed by atoms with Crippen molar-refractivity contribution in [3.63, 3.8) is 0 Å². The maximum Gasteiger partial charge on any atom is 0.244 e. The zero-order valence-corrected chi connectivity index (χ0v) is 13.9. The Hall–Kier alpha value is -1.54. The van der Waals surface area contributed by atoms with Gasteiger partial charge in [-0.15, -0.1) is 0 Å². The number of nitrogens with zero attached hydrogens (tertiary/aromatic N) is 1. The number of nitrogens with one attached hydrogen (secondary N) is 1. The summed E-state index contributed by atoms with van der Waals surface area (Å²) < 4.78 is 49.2. The second-order valence-electron chi connectivity index (χ2n) is 5.93. The molecular weight excluding hydrogens is 326 g/mol. The van der Waals surface area contributed by atoms with E-state index in [0.29, 0.717) is 18.7 Å². The normalized spacial score (nSPS) is 17.7. The highest BCUT2D eigenvalue weighted by atomic mass is 32.2. The van der Waals surface area contributed by atoms with E-state index in [0.717, 1.165) is 18.4 Å². The van der Waals surface area contributed by atoms with Crippen molar-refractivity contribution < 1.29 is 22.0 Å². The fraction of sp³-hybridized carbons (Fsp3) is 0.533. The second kappa shape index (κ2) is 6.52. The first-order valence-electron chi connectivity index (χ1n) is 7.27. The molecular formula is C15H20F2N2O3S. The van der Waals surface area contributed by atoms with E-state index in [1.807, 2.05) is 0 Å². The molecule has 1 amide bonds. The minimum absolute atomic E-state index is 0.0146. The number of carbonyl (C=O) groups excluding carboxylic acids is 1. The zero-order valence-electron chi connectivity index (χ0n) is 13.1. The Morgan fingerprint density at radius 3 is 2.39 bits per heavy atom. The highest BCUT2D eigenvalue weighted by molar-refractivity contribution is 7.92. The molecule has 23 heavy (non-hydrogen) atoms. The van der Waals surface area contributed by atoms with Crippen molar-refractivity contribution in [2.24, 2.45) is 0 Å². The molecule has 2 rings (SSSR count). The van der Waals surface area contributed by atoms with Crippen LogP contribution in [0.25, 0.3) is 0 Å². The van der Waals surface area contributed by atoms with E-state index < -0.39 is 32.1 Å². The molecule has 1 saturated heterocycles. The summed E-state index contributed by atoms with van der Waals surface area (Å²) >= 11 is 0. The fourth-order valence-electron chi connectivity index (χ4n) is 2.91. The zero-order chi connectivity index (χ0) is 17.3. The van der Waals surface area contributed by atoms with Gasteiger partial charge in [-0.3, -0.25) is 4.79 Å². The van der Waals surface area contributed by atoms with Crippen molar-refractivity contribution in [2.45, 2.75) is 24.1 Å². The quantitative estimate of drug-likeness (QED) is 0.886. The first-order valence-corrected chi connectivity index (χ1v) is 9.16. The molecule has 128 valence electrons. The number of sulfone groups is 1. The number of hydrogen-bond donors (Lipinski definition) is 1. The Morgan fingerprint density at radius 2 is 1.87 bits per heavy atom. The van der Waals surface area contributed by atoms with Crippen molar-refractivity contribution in [1.29, 1.82) is 0 Å². The van der Waals surface area contributed by atoms with Gasteiger partial charge in [-0.05, 0) is 43.6 Å². The largest absolute Gasteiger partial charge is 0.340 e. The molecule has 0 atom stereocenters. The molecule has 1 aromatic carbocycles. The molecule has 0 bridgehead atoms. The molecule has 8 heteroatoms. The Labute approximate surface area is 134 Å². The highest BCUT2D eigenvalue weighted by Gasteiger charge is 2.49. The lowest BCUT2D eigenvalue weighted by atomic mass is 9.95. The van der Waals surface area contributed by atoms with Gasteiger partial charge in [-0.25, -0.2) is 17.2 Å². The Balaban J connectivity index is 2.24. The van der Waals surface area contributed by atoms with Gasteiger partial charge in [0.05, 0.1) is 0 Å². The van der Waals surface area contributed by atoms with E-state index in [9.17, 15) is 22.0 Å². The first-order chi connectivity index (χ1) is 10.7. The second-order valence-corrected chi connectivity index (χ2v) is 8.25. The number of benzene rings is 1. The van der Waals surface area contributed by atoms with Gasteiger partial charge in [-0.1, -0.05) is 6.07 Å². The van der Waals surface area contributed by atoms with Crippen LogP contribution in [0.4, 0.5) is 8.78 Å². The third-order valence-corrected chi connectivity index (χ3v) is 6.26. The molecule has 0 aliphatic carbocycles. The number of amides is 1. The number of carbonyl (C=O) groups is 1. The van der Waals surface area contributed by atoms with Gasteiger partial charge in [0.1, 0.15) is 0 Å². The molecule has 0 saturated carbocycles. The molecule has 1 aliphatic heterocycles. The minimum Gasteiger partial charge on any atom is -0.340 e. The van der Waals surface area contributed by atoms with Crippen molar-refractivity contribution in [3.8, 4) is 0 Å². The van der Waals surface area contributed by atoms with Gasteiger partial charge in [0.15, 0.2) is 26.2 Å². The number of halogens is 2. The summed E-state index contributed by atoms with van der Waals surface area (Å²) in [6.07, 6.45) is 1.47. The summed E-state index contributed by atoms with van der Waals surface area (Å²) in [6, 6.07) is 3.37. The van der Waals surface area contributed by atoms with E-state index in [-0.39, 0.29) is 19.4 Å². The van der Waals surface area contributed by atoms with Gasteiger partial charge in [-0.2, -0.15) is 0 Å². The molecule has 1 aromatic rings. The molecule has 1 fully saturated rings. The third kappa shape index (κ3) is 3.53. The topological polar surface area (TPSA) is 66.5 Å². The van der Waals surface area contributed by atoms with Crippen molar-refractivity contribution in [3.05, 3.63) is 35.4 Å².